The first-order valence-corrected chi connectivity index (χ1v) is 9.91. The zero-order chi connectivity index (χ0) is 19.5. The molecule has 0 N–H and O–H groups in total. The number of rotatable bonds is 5. The molecule has 1 heterocycles. The SMILES string of the molecule is Fc1cccc(CON(c2ccccc2)c2nc(Cl)nc3ccc(I)cc23)c1. The van der Waals surface area contributed by atoms with Gasteiger partial charge in [-0.2, -0.15) is 4.98 Å². The standard InChI is InChI=1S/C21H14ClFIN3O/c22-21-25-19-10-9-16(24)12-18(19)20(26-21)27(17-7-2-1-3-8-17)28-13-14-5-4-6-15(23)11-14/h1-12H,13H2. The highest BCUT2D eigenvalue weighted by Crippen LogP contribution is 2.32. The largest absolute Gasteiger partial charge is 0.262 e. The minimum atomic E-state index is -0.308. The van der Waals surface area contributed by atoms with Gasteiger partial charge in [-0.15, -0.1) is 0 Å². The fourth-order valence-electron chi connectivity index (χ4n) is 2.80. The van der Waals surface area contributed by atoms with E-state index in [1.807, 2.05) is 48.5 Å². The Hall–Kier alpha value is -2.29. The summed E-state index contributed by atoms with van der Waals surface area (Å²) in [5, 5.41) is 2.54. The summed E-state index contributed by atoms with van der Waals surface area (Å²) in [6.45, 7) is 0.166. The molecule has 0 saturated carbocycles. The van der Waals surface area contributed by atoms with Crippen molar-refractivity contribution >= 4 is 56.6 Å². The molecule has 4 rings (SSSR count). The normalized spacial score (nSPS) is 11.0. The number of benzene rings is 3. The third kappa shape index (κ3) is 4.24. The van der Waals surface area contributed by atoms with Gasteiger partial charge in [0.15, 0.2) is 5.82 Å². The smallest absolute Gasteiger partial charge is 0.225 e. The molecule has 0 bridgehead atoms. The van der Waals surface area contributed by atoms with Crippen molar-refractivity contribution in [1.82, 2.24) is 9.97 Å². The van der Waals surface area contributed by atoms with Crippen LogP contribution in [0, 0.1) is 9.39 Å². The molecule has 0 saturated heterocycles. The molecule has 4 nitrogen and oxygen atoms in total. The lowest BCUT2D eigenvalue weighted by atomic mass is 10.2. The van der Waals surface area contributed by atoms with Gasteiger partial charge in [0.1, 0.15) is 12.4 Å². The summed E-state index contributed by atoms with van der Waals surface area (Å²) in [7, 11) is 0. The first kappa shape index (κ1) is 19.0. The Kier molecular flexibility index (Phi) is 5.70. The van der Waals surface area contributed by atoms with Crippen LogP contribution in [0.2, 0.25) is 5.28 Å². The number of hydrogen-bond donors (Lipinski definition) is 0. The summed E-state index contributed by atoms with van der Waals surface area (Å²) in [5.74, 6) is 0.216. The number of anilines is 2. The second-order valence-corrected chi connectivity index (χ2v) is 7.59. The monoisotopic (exact) mass is 505 g/mol. The quantitative estimate of drug-likeness (QED) is 0.181. The first-order chi connectivity index (χ1) is 13.6. The maximum Gasteiger partial charge on any atom is 0.225 e. The first-order valence-electron chi connectivity index (χ1n) is 8.45. The second kappa shape index (κ2) is 8.38. The van der Waals surface area contributed by atoms with Crippen molar-refractivity contribution in [2.45, 2.75) is 6.61 Å². The summed E-state index contributed by atoms with van der Waals surface area (Å²) in [6.07, 6.45) is 0. The van der Waals surface area contributed by atoms with Gasteiger partial charge < -0.3 is 0 Å². The van der Waals surface area contributed by atoms with Gasteiger partial charge in [0, 0.05) is 8.96 Å². The van der Waals surface area contributed by atoms with Crippen LogP contribution in [0.1, 0.15) is 5.56 Å². The van der Waals surface area contributed by atoms with Crippen molar-refractivity contribution in [3.05, 3.63) is 93.0 Å². The fourth-order valence-corrected chi connectivity index (χ4v) is 3.46. The van der Waals surface area contributed by atoms with E-state index in [1.54, 1.807) is 17.2 Å². The van der Waals surface area contributed by atoms with Gasteiger partial charge in [0.25, 0.3) is 0 Å². The lowest BCUT2D eigenvalue weighted by molar-refractivity contribution is 0.121. The average Bonchev–Trinajstić information content (AvgIpc) is 2.69. The molecule has 0 atom stereocenters. The highest BCUT2D eigenvalue weighted by molar-refractivity contribution is 14.1. The molecule has 0 fully saturated rings. The molecule has 4 aromatic rings. The van der Waals surface area contributed by atoms with Crippen LogP contribution in [-0.2, 0) is 11.4 Å². The van der Waals surface area contributed by atoms with E-state index in [0.29, 0.717) is 16.9 Å². The minimum absolute atomic E-state index is 0.124. The van der Waals surface area contributed by atoms with Crippen molar-refractivity contribution in [2.24, 2.45) is 0 Å². The fraction of sp³-hybridized carbons (Fsp3) is 0.0476. The van der Waals surface area contributed by atoms with Crippen LogP contribution in [0.4, 0.5) is 15.9 Å². The van der Waals surface area contributed by atoms with E-state index >= 15 is 0 Å². The Labute approximate surface area is 180 Å². The third-order valence-electron chi connectivity index (χ3n) is 4.04. The number of fused-ring (bicyclic) bond motifs is 1. The van der Waals surface area contributed by atoms with Crippen LogP contribution < -0.4 is 5.06 Å². The van der Waals surface area contributed by atoms with E-state index in [9.17, 15) is 4.39 Å². The molecule has 1 aromatic heterocycles. The van der Waals surface area contributed by atoms with Crippen molar-refractivity contribution in [3.8, 4) is 0 Å². The molecule has 0 amide bonds. The van der Waals surface area contributed by atoms with Gasteiger partial charge in [-0.25, -0.2) is 14.4 Å². The predicted octanol–water partition coefficient (Wildman–Crippen LogP) is 6.30. The highest BCUT2D eigenvalue weighted by atomic mass is 127. The number of para-hydroxylation sites is 1. The minimum Gasteiger partial charge on any atom is -0.262 e. The summed E-state index contributed by atoms with van der Waals surface area (Å²) in [5.41, 5.74) is 2.19. The van der Waals surface area contributed by atoms with Crippen molar-refractivity contribution in [2.75, 3.05) is 5.06 Å². The maximum absolute atomic E-state index is 13.5. The molecule has 3 aromatic carbocycles. The maximum atomic E-state index is 13.5. The molecular formula is C21H14ClFIN3O. The lowest BCUT2D eigenvalue weighted by Gasteiger charge is -2.24. The number of halogens is 3. The van der Waals surface area contributed by atoms with Gasteiger partial charge >= 0.3 is 0 Å². The van der Waals surface area contributed by atoms with E-state index in [4.69, 9.17) is 16.4 Å². The molecular weight excluding hydrogens is 492 g/mol. The molecule has 0 unspecified atom stereocenters. The van der Waals surface area contributed by atoms with Crippen molar-refractivity contribution in [3.63, 3.8) is 0 Å². The molecule has 0 aliphatic heterocycles. The van der Waals surface area contributed by atoms with Gasteiger partial charge in [-0.1, -0.05) is 30.3 Å². The van der Waals surface area contributed by atoms with Crippen molar-refractivity contribution in [1.29, 1.82) is 0 Å². The second-order valence-electron chi connectivity index (χ2n) is 6.01. The molecule has 0 radical (unpaired) electrons. The van der Waals surface area contributed by atoms with Gasteiger partial charge in [0.05, 0.1) is 11.2 Å². The van der Waals surface area contributed by atoms with Gasteiger partial charge in [-0.05, 0) is 82.2 Å². The Morgan fingerprint density at radius 2 is 1.79 bits per heavy atom. The van der Waals surface area contributed by atoms with Crippen LogP contribution in [-0.4, -0.2) is 9.97 Å². The molecule has 0 aliphatic carbocycles. The molecule has 28 heavy (non-hydrogen) atoms. The number of hydrogen-bond acceptors (Lipinski definition) is 4. The summed E-state index contributed by atoms with van der Waals surface area (Å²) >= 11 is 8.41. The molecule has 0 aliphatic rings. The Morgan fingerprint density at radius 3 is 2.57 bits per heavy atom. The van der Waals surface area contributed by atoms with Crippen LogP contribution in [0.5, 0.6) is 0 Å². The van der Waals surface area contributed by atoms with Crippen LogP contribution >= 0.6 is 34.2 Å². The van der Waals surface area contributed by atoms with E-state index in [-0.39, 0.29) is 17.7 Å². The van der Waals surface area contributed by atoms with Crippen LogP contribution in [0.25, 0.3) is 10.9 Å². The van der Waals surface area contributed by atoms with E-state index in [2.05, 4.69) is 32.6 Å². The van der Waals surface area contributed by atoms with Gasteiger partial charge in [-0.3, -0.25) is 4.84 Å². The average molecular weight is 506 g/mol. The van der Waals surface area contributed by atoms with E-state index in [1.165, 1.54) is 12.1 Å². The van der Waals surface area contributed by atoms with Crippen molar-refractivity contribution < 1.29 is 9.23 Å². The van der Waals surface area contributed by atoms with Crippen LogP contribution in [0.3, 0.4) is 0 Å². The van der Waals surface area contributed by atoms with Gasteiger partial charge in [0.2, 0.25) is 5.28 Å². The molecule has 7 heteroatoms. The highest BCUT2D eigenvalue weighted by Gasteiger charge is 2.18. The zero-order valence-corrected chi connectivity index (χ0v) is 17.4. The molecule has 0 spiro atoms. The summed E-state index contributed by atoms with van der Waals surface area (Å²) < 4.78 is 14.6. The zero-order valence-electron chi connectivity index (χ0n) is 14.5. The predicted molar refractivity (Wildman–Crippen MR) is 117 cm³/mol. The summed E-state index contributed by atoms with van der Waals surface area (Å²) in [4.78, 5) is 14.8. The van der Waals surface area contributed by atoms with E-state index < -0.39 is 0 Å². The Morgan fingerprint density at radius 1 is 0.964 bits per heavy atom. The van der Waals surface area contributed by atoms with E-state index in [0.717, 1.165) is 14.6 Å². The van der Waals surface area contributed by atoms with Crippen LogP contribution in [0.15, 0.2) is 72.8 Å². The lowest BCUT2D eigenvalue weighted by Crippen LogP contribution is -2.19. The Bertz CT molecular complexity index is 1130. The number of aromatic nitrogens is 2. The third-order valence-corrected chi connectivity index (χ3v) is 4.88. The Balaban J connectivity index is 1.80. The number of nitrogens with zero attached hydrogens (tertiary/aromatic N) is 3. The topological polar surface area (TPSA) is 38.2 Å². The summed E-state index contributed by atoms with van der Waals surface area (Å²) in [6, 6.07) is 21.7. The molecule has 140 valence electrons.